The van der Waals surface area contributed by atoms with Crippen LogP contribution in [0.5, 0.6) is 0 Å². The quantitative estimate of drug-likeness (QED) is 0.424. The Balaban J connectivity index is 1.52. The molecule has 2 amide bonds. The molecule has 0 aromatic heterocycles. The van der Waals surface area contributed by atoms with Gasteiger partial charge in [-0.2, -0.15) is 0 Å². The van der Waals surface area contributed by atoms with Gasteiger partial charge in [-0.25, -0.2) is 0 Å². The molecule has 0 atom stereocenters. The van der Waals surface area contributed by atoms with E-state index >= 15 is 0 Å². The van der Waals surface area contributed by atoms with Crippen molar-refractivity contribution in [2.45, 2.75) is 46.1 Å². The molecule has 1 saturated heterocycles. The number of carbonyl (C=O) groups is 2. The number of ether oxygens (including phenoxy) is 1. The van der Waals surface area contributed by atoms with Crippen LogP contribution in [0.2, 0.25) is 0 Å². The summed E-state index contributed by atoms with van der Waals surface area (Å²) in [5.74, 6) is 0.233. The highest BCUT2D eigenvalue weighted by atomic mass is 16.5. The molecule has 2 aliphatic rings. The number of anilines is 2. The van der Waals surface area contributed by atoms with E-state index in [1.54, 1.807) is 0 Å². The normalized spacial score (nSPS) is 17.3. The van der Waals surface area contributed by atoms with E-state index in [0.717, 1.165) is 30.3 Å². The van der Waals surface area contributed by atoms with Crippen molar-refractivity contribution in [1.29, 1.82) is 0 Å². The Morgan fingerprint density at radius 2 is 1.65 bits per heavy atom. The SMILES string of the molecule is CC1CCN(c2ccc(NC3=C(c4ccccc4)C(=O)N(CCCOC(C)C)C3=O)cc2)CC1. The van der Waals surface area contributed by atoms with Crippen LogP contribution in [-0.4, -0.2) is 49.1 Å². The van der Waals surface area contributed by atoms with Gasteiger partial charge < -0.3 is 15.0 Å². The molecule has 180 valence electrons. The molecule has 0 radical (unpaired) electrons. The summed E-state index contributed by atoms with van der Waals surface area (Å²) in [5, 5.41) is 3.26. The first kappa shape index (κ1) is 24.0. The van der Waals surface area contributed by atoms with Gasteiger partial charge in [0.15, 0.2) is 0 Å². The zero-order valence-corrected chi connectivity index (χ0v) is 20.4. The lowest BCUT2D eigenvalue weighted by atomic mass is 9.99. The largest absolute Gasteiger partial charge is 0.379 e. The maximum absolute atomic E-state index is 13.3. The number of nitrogens with one attached hydrogen (secondary N) is 1. The molecule has 0 saturated carbocycles. The van der Waals surface area contributed by atoms with Gasteiger partial charge in [0.1, 0.15) is 5.70 Å². The third-order valence-electron chi connectivity index (χ3n) is 6.49. The Kier molecular flexibility index (Phi) is 7.68. The second-order valence-corrected chi connectivity index (χ2v) is 9.49. The van der Waals surface area contributed by atoms with Crippen LogP contribution in [0.4, 0.5) is 11.4 Å². The average Bonchev–Trinajstić information content (AvgIpc) is 3.07. The summed E-state index contributed by atoms with van der Waals surface area (Å²) in [6, 6.07) is 17.5. The van der Waals surface area contributed by atoms with Gasteiger partial charge in [-0.05, 0) is 68.9 Å². The van der Waals surface area contributed by atoms with Crippen LogP contribution in [0.3, 0.4) is 0 Å². The number of piperidine rings is 1. The molecule has 1 fully saturated rings. The first-order chi connectivity index (χ1) is 16.4. The smallest absolute Gasteiger partial charge is 0.278 e. The lowest BCUT2D eigenvalue weighted by molar-refractivity contribution is -0.137. The molecule has 4 rings (SSSR count). The van der Waals surface area contributed by atoms with Gasteiger partial charge in [-0.15, -0.1) is 0 Å². The first-order valence-electron chi connectivity index (χ1n) is 12.3. The highest BCUT2D eigenvalue weighted by Gasteiger charge is 2.38. The van der Waals surface area contributed by atoms with Crippen LogP contribution in [-0.2, 0) is 14.3 Å². The predicted molar refractivity (Wildman–Crippen MR) is 136 cm³/mol. The van der Waals surface area contributed by atoms with E-state index in [-0.39, 0.29) is 17.9 Å². The molecule has 2 aromatic rings. The lowest BCUT2D eigenvalue weighted by Gasteiger charge is -2.32. The van der Waals surface area contributed by atoms with E-state index in [1.807, 2.05) is 56.3 Å². The Morgan fingerprint density at radius 3 is 2.29 bits per heavy atom. The number of amides is 2. The van der Waals surface area contributed by atoms with Crippen molar-refractivity contribution in [2.75, 3.05) is 36.5 Å². The van der Waals surface area contributed by atoms with E-state index in [0.29, 0.717) is 30.8 Å². The monoisotopic (exact) mass is 461 g/mol. The van der Waals surface area contributed by atoms with Crippen molar-refractivity contribution in [3.05, 3.63) is 65.9 Å². The van der Waals surface area contributed by atoms with Crippen molar-refractivity contribution in [3.63, 3.8) is 0 Å². The summed E-state index contributed by atoms with van der Waals surface area (Å²) < 4.78 is 5.59. The van der Waals surface area contributed by atoms with Crippen molar-refractivity contribution in [2.24, 2.45) is 5.92 Å². The molecule has 6 nitrogen and oxygen atoms in total. The molecule has 34 heavy (non-hydrogen) atoms. The second kappa shape index (κ2) is 10.9. The fourth-order valence-corrected chi connectivity index (χ4v) is 4.48. The van der Waals surface area contributed by atoms with E-state index in [9.17, 15) is 9.59 Å². The topological polar surface area (TPSA) is 61.9 Å². The van der Waals surface area contributed by atoms with Gasteiger partial charge in [0.05, 0.1) is 11.7 Å². The molecule has 2 aromatic carbocycles. The molecular weight excluding hydrogens is 426 g/mol. The molecule has 0 spiro atoms. The molecule has 1 N–H and O–H groups in total. The summed E-state index contributed by atoms with van der Waals surface area (Å²) in [6.07, 6.45) is 3.15. The first-order valence-corrected chi connectivity index (χ1v) is 12.3. The number of rotatable bonds is 9. The van der Waals surface area contributed by atoms with Crippen molar-refractivity contribution < 1.29 is 14.3 Å². The average molecular weight is 462 g/mol. The van der Waals surface area contributed by atoms with Gasteiger partial charge >= 0.3 is 0 Å². The van der Waals surface area contributed by atoms with Crippen molar-refractivity contribution >= 4 is 28.8 Å². The number of carbonyl (C=O) groups excluding carboxylic acids is 2. The van der Waals surface area contributed by atoms with Gasteiger partial charge in [0.25, 0.3) is 11.8 Å². The van der Waals surface area contributed by atoms with Gasteiger partial charge in [0.2, 0.25) is 0 Å². The summed E-state index contributed by atoms with van der Waals surface area (Å²) in [7, 11) is 0. The van der Waals surface area contributed by atoms with Crippen LogP contribution in [0, 0.1) is 5.92 Å². The van der Waals surface area contributed by atoms with Crippen LogP contribution in [0.15, 0.2) is 60.3 Å². The maximum Gasteiger partial charge on any atom is 0.278 e. The Morgan fingerprint density at radius 1 is 0.971 bits per heavy atom. The lowest BCUT2D eigenvalue weighted by Crippen LogP contribution is -2.34. The van der Waals surface area contributed by atoms with Crippen molar-refractivity contribution in [1.82, 2.24) is 4.90 Å². The van der Waals surface area contributed by atoms with E-state index in [2.05, 4.69) is 29.3 Å². The minimum absolute atomic E-state index is 0.122. The number of imide groups is 1. The molecule has 2 heterocycles. The van der Waals surface area contributed by atoms with Crippen LogP contribution >= 0.6 is 0 Å². The minimum atomic E-state index is -0.289. The third-order valence-corrected chi connectivity index (χ3v) is 6.49. The van der Waals surface area contributed by atoms with Crippen LogP contribution in [0.1, 0.15) is 45.6 Å². The Hall–Kier alpha value is -3.12. The summed E-state index contributed by atoms with van der Waals surface area (Å²) in [6.45, 7) is 9.23. The minimum Gasteiger partial charge on any atom is -0.379 e. The second-order valence-electron chi connectivity index (χ2n) is 9.49. The van der Waals surface area contributed by atoms with Gasteiger partial charge in [-0.1, -0.05) is 37.3 Å². The Labute approximate surface area is 202 Å². The molecule has 6 heteroatoms. The highest BCUT2D eigenvalue weighted by Crippen LogP contribution is 2.31. The molecular formula is C28H35N3O3. The van der Waals surface area contributed by atoms with Gasteiger partial charge in [0, 0.05) is 37.6 Å². The number of nitrogens with zero attached hydrogens (tertiary/aromatic N) is 2. The molecule has 2 aliphatic heterocycles. The predicted octanol–water partition coefficient (Wildman–Crippen LogP) is 4.93. The number of benzene rings is 2. The van der Waals surface area contributed by atoms with Gasteiger partial charge in [-0.3, -0.25) is 14.5 Å². The zero-order chi connectivity index (χ0) is 24.1. The molecule has 0 bridgehead atoms. The zero-order valence-electron chi connectivity index (χ0n) is 20.4. The van der Waals surface area contributed by atoms with Crippen LogP contribution < -0.4 is 10.2 Å². The third kappa shape index (κ3) is 5.50. The summed E-state index contributed by atoms with van der Waals surface area (Å²) in [4.78, 5) is 30.3. The highest BCUT2D eigenvalue weighted by molar-refractivity contribution is 6.36. The fourth-order valence-electron chi connectivity index (χ4n) is 4.48. The standard InChI is InChI=1S/C28H35N3O3/c1-20(2)34-19-7-16-31-27(32)25(22-8-5-4-6-9-22)26(28(31)33)29-23-10-12-24(13-11-23)30-17-14-21(3)15-18-30/h4-6,8-13,20-21,29H,7,14-19H2,1-3H3. The van der Waals surface area contributed by atoms with E-state index in [4.69, 9.17) is 4.74 Å². The Bertz CT molecular complexity index is 1020. The summed E-state index contributed by atoms with van der Waals surface area (Å²) >= 11 is 0. The molecule has 0 unspecified atom stereocenters. The fraction of sp³-hybridized carbons (Fsp3) is 0.429. The molecule has 0 aliphatic carbocycles. The number of hydrogen-bond acceptors (Lipinski definition) is 5. The van der Waals surface area contributed by atoms with Crippen LogP contribution in [0.25, 0.3) is 5.57 Å². The van der Waals surface area contributed by atoms with E-state index < -0.39 is 0 Å². The van der Waals surface area contributed by atoms with E-state index in [1.165, 1.54) is 23.4 Å². The van der Waals surface area contributed by atoms with Crippen molar-refractivity contribution in [3.8, 4) is 0 Å². The number of hydrogen-bond donors (Lipinski definition) is 1. The summed E-state index contributed by atoms with van der Waals surface area (Å²) in [5.41, 5.74) is 3.48. The maximum atomic E-state index is 13.3.